The monoisotopic (exact) mass is 350 g/mol. The Morgan fingerprint density at radius 2 is 1.96 bits per heavy atom. The van der Waals surface area contributed by atoms with Gasteiger partial charge >= 0.3 is 6.18 Å². The molecule has 1 aliphatic heterocycles. The van der Waals surface area contributed by atoms with E-state index in [4.69, 9.17) is 0 Å². The number of amides is 1. The third-order valence-corrected chi connectivity index (χ3v) is 3.93. The van der Waals surface area contributed by atoms with Gasteiger partial charge in [-0.2, -0.15) is 13.2 Å². The van der Waals surface area contributed by atoms with E-state index in [-0.39, 0.29) is 29.8 Å². The molecule has 0 atom stereocenters. The fourth-order valence-electron chi connectivity index (χ4n) is 2.77. The predicted octanol–water partition coefficient (Wildman–Crippen LogP) is 3.73. The second-order valence-corrected chi connectivity index (χ2v) is 5.58. The van der Waals surface area contributed by atoms with Gasteiger partial charge in [0.15, 0.2) is 0 Å². The van der Waals surface area contributed by atoms with Crippen molar-refractivity contribution >= 4 is 18.3 Å². The number of hydrogen-bond acceptors (Lipinski definition) is 2. The van der Waals surface area contributed by atoms with Crippen LogP contribution in [0.5, 0.6) is 0 Å². The Morgan fingerprint density at radius 1 is 1.30 bits per heavy atom. The van der Waals surface area contributed by atoms with E-state index in [0.717, 1.165) is 12.5 Å². The minimum atomic E-state index is -4.39. The molecular formula is C16H22ClF3N2O. The maximum absolute atomic E-state index is 13.2. The average molecular weight is 351 g/mol. The number of carbonyl (C=O) groups excluding carboxylic acids is 1. The Hall–Kier alpha value is -1.27. The number of nitrogens with one attached hydrogen (secondary N) is 2. The van der Waals surface area contributed by atoms with Crippen molar-refractivity contribution in [2.24, 2.45) is 0 Å². The molecule has 1 amide bonds. The molecule has 0 saturated carbocycles. The Morgan fingerprint density at radius 3 is 2.52 bits per heavy atom. The molecular weight excluding hydrogens is 329 g/mol. The summed E-state index contributed by atoms with van der Waals surface area (Å²) >= 11 is 0. The quantitative estimate of drug-likeness (QED) is 0.868. The lowest BCUT2D eigenvalue weighted by Gasteiger charge is -2.26. The highest BCUT2D eigenvalue weighted by Crippen LogP contribution is 2.38. The first kappa shape index (κ1) is 19.8. The number of halogens is 4. The molecule has 1 heterocycles. The highest BCUT2D eigenvalue weighted by atomic mass is 35.5. The van der Waals surface area contributed by atoms with Crippen LogP contribution in [0.25, 0.3) is 0 Å². The van der Waals surface area contributed by atoms with E-state index in [1.54, 1.807) is 0 Å². The third kappa shape index (κ3) is 5.11. The van der Waals surface area contributed by atoms with Gasteiger partial charge < -0.3 is 10.6 Å². The van der Waals surface area contributed by atoms with E-state index in [9.17, 15) is 18.0 Å². The molecule has 1 aromatic rings. The van der Waals surface area contributed by atoms with Gasteiger partial charge in [-0.05, 0) is 62.0 Å². The number of benzene rings is 1. The van der Waals surface area contributed by atoms with Crippen LogP contribution in [-0.2, 0) is 6.18 Å². The van der Waals surface area contributed by atoms with E-state index >= 15 is 0 Å². The Balaban J connectivity index is 0.00000264. The molecule has 1 saturated heterocycles. The van der Waals surface area contributed by atoms with Crippen LogP contribution in [0.1, 0.15) is 53.6 Å². The molecule has 7 heteroatoms. The first-order valence-electron chi connectivity index (χ1n) is 7.63. The van der Waals surface area contributed by atoms with Crippen molar-refractivity contribution in [3.63, 3.8) is 0 Å². The zero-order valence-corrected chi connectivity index (χ0v) is 13.8. The maximum atomic E-state index is 13.2. The van der Waals surface area contributed by atoms with Gasteiger partial charge in [-0.3, -0.25) is 4.79 Å². The first-order chi connectivity index (χ1) is 10.4. The average Bonchev–Trinajstić information content (AvgIpc) is 2.52. The molecule has 130 valence electrons. The number of piperidine rings is 1. The van der Waals surface area contributed by atoms with Crippen molar-refractivity contribution < 1.29 is 18.0 Å². The summed E-state index contributed by atoms with van der Waals surface area (Å²) < 4.78 is 39.7. The van der Waals surface area contributed by atoms with Crippen molar-refractivity contribution in [1.82, 2.24) is 10.6 Å². The summed E-state index contributed by atoms with van der Waals surface area (Å²) in [5, 5.41) is 5.85. The van der Waals surface area contributed by atoms with Crippen LogP contribution in [0.2, 0.25) is 0 Å². The van der Waals surface area contributed by atoms with Crippen LogP contribution in [-0.4, -0.2) is 25.5 Å². The van der Waals surface area contributed by atoms with Gasteiger partial charge in [0.05, 0.1) is 5.56 Å². The van der Waals surface area contributed by atoms with Crippen LogP contribution in [0.3, 0.4) is 0 Å². The van der Waals surface area contributed by atoms with Gasteiger partial charge in [0.1, 0.15) is 0 Å². The number of alkyl halides is 3. The highest BCUT2D eigenvalue weighted by Gasteiger charge is 2.35. The Labute approximate surface area is 140 Å². The molecule has 0 aliphatic carbocycles. The predicted molar refractivity (Wildman–Crippen MR) is 86.2 cm³/mol. The summed E-state index contributed by atoms with van der Waals surface area (Å²) in [6.07, 6.45) is -2.29. The maximum Gasteiger partial charge on any atom is 0.416 e. The van der Waals surface area contributed by atoms with Crippen LogP contribution in [0, 0.1) is 0 Å². The molecule has 0 spiro atoms. The lowest BCUT2D eigenvalue weighted by Crippen LogP contribution is -2.29. The SMILES string of the molecule is CCCNC(=O)c1ccc(C(F)(F)F)c(C2CCNCC2)c1.Cl. The van der Waals surface area contributed by atoms with Crippen molar-refractivity contribution in [3.8, 4) is 0 Å². The fraction of sp³-hybridized carbons (Fsp3) is 0.562. The molecule has 2 N–H and O–H groups in total. The topological polar surface area (TPSA) is 41.1 Å². The zero-order valence-electron chi connectivity index (χ0n) is 13.0. The highest BCUT2D eigenvalue weighted by molar-refractivity contribution is 5.94. The molecule has 1 fully saturated rings. The molecule has 1 aromatic carbocycles. The molecule has 1 aliphatic rings. The second-order valence-electron chi connectivity index (χ2n) is 5.58. The minimum absolute atomic E-state index is 0. The summed E-state index contributed by atoms with van der Waals surface area (Å²) in [7, 11) is 0. The molecule has 0 radical (unpaired) electrons. The van der Waals surface area contributed by atoms with Crippen molar-refractivity contribution in [1.29, 1.82) is 0 Å². The van der Waals surface area contributed by atoms with Gasteiger partial charge in [0.2, 0.25) is 0 Å². The van der Waals surface area contributed by atoms with Crippen LogP contribution in [0.4, 0.5) is 13.2 Å². The lowest BCUT2D eigenvalue weighted by molar-refractivity contribution is -0.138. The van der Waals surface area contributed by atoms with Gasteiger partial charge in [0, 0.05) is 12.1 Å². The number of hydrogen-bond donors (Lipinski definition) is 2. The summed E-state index contributed by atoms with van der Waals surface area (Å²) in [5.41, 5.74) is -0.0698. The minimum Gasteiger partial charge on any atom is -0.352 e. The summed E-state index contributed by atoms with van der Waals surface area (Å²) in [6.45, 7) is 3.85. The van der Waals surface area contributed by atoms with Crippen molar-refractivity contribution in [2.75, 3.05) is 19.6 Å². The Bertz CT molecular complexity index is 529. The smallest absolute Gasteiger partial charge is 0.352 e. The van der Waals surface area contributed by atoms with Crippen LogP contribution < -0.4 is 10.6 Å². The lowest BCUT2D eigenvalue weighted by atomic mass is 9.85. The number of rotatable bonds is 4. The van der Waals surface area contributed by atoms with Crippen LogP contribution >= 0.6 is 12.4 Å². The summed E-state index contributed by atoms with van der Waals surface area (Å²) in [6, 6.07) is 3.72. The van der Waals surface area contributed by atoms with E-state index in [0.29, 0.717) is 38.0 Å². The molecule has 0 aromatic heterocycles. The van der Waals surface area contributed by atoms with E-state index in [1.165, 1.54) is 12.1 Å². The largest absolute Gasteiger partial charge is 0.416 e. The van der Waals surface area contributed by atoms with Gasteiger partial charge in [-0.25, -0.2) is 0 Å². The van der Waals surface area contributed by atoms with Crippen LogP contribution in [0.15, 0.2) is 18.2 Å². The second kappa shape index (κ2) is 8.55. The third-order valence-electron chi connectivity index (χ3n) is 3.93. The zero-order chi connectivity index (χ0) is 16.2. The van der Waals surface area contributed by atoms with E-state index in [1.807, 2.05) is 6.92 Å². The molecule has 0 unspecified atom stereocenters. The molecule has 0 bridgehead atoms. The molecule has 23 heavy (non-hydrogen) atoms. The normalized spacial score (nSPS) is 15.8. The van der Waals surface area contributed by atoms with E-state index in [2.05, 4.69) is 10.6 Å². The van der Waals surface area contributed by atoms with Gasteiger partial charge in [-0.1, -0.05) is 6.92 Å². The number of carbonyl (C=O) groups is 1. The molecule has 3 nitrogen and oxygen atoms in total. The Kier molecular flexibility index (Phi) is 7.35. The summed E-state index contributed by atoms with van der Waals surface area (Å²) in [4.78, 5) is 12.0. The van der Waals surface area contributed by atoms with Gasteiger partial charge in [-0.15, -0.1) is 12.4 Å². The van der Waals surface area contributed by atoms with Crippen molar-refractivity contribution in [2.45, 2.75) is 38.3 Å². The van der Waals surface area contributed by atoms with Crippen molar-refractivity contribution in [3.05, 3.63) is 34.9 Å². The van der Waals surface area contributed by atoms with Gasteiger partial charge in [0.25, 0.3) is 5.91 Å². The standard InChI is InChI=1S/C16H21F3N2O.ClH/c1-2-7-21-15(22)12-3-4-14(16(17,18)19)13(10-12)11-5-8-20-9-6-11;/h3-4,10-11,20H,2,5-9H2,1H3,(H,21,22);1H. The molecule has 2 rings (SSSR count). The summed E-state index contributed by atoms with van der Waals surface area (Å²) in [5.74, 6) is -0.470. The fourth-order valence-corrected chi connectivity index (χ4v) is 2.77. The first-order valence-corrected chi connectivity index (χ1v) is 7.63. The van der Waals surface area contributed by atoms with E-state index < -0.39 is 11.7 Å².